The molecule has 0 radical (unpaired) electrons. The van der Waals surface area contributed by atoms with Crippen molar-refractivity contribution in [1.29, 1.82) is 0 Å². The number of rotatable bonds is 6. The topological polar surface area (TPSA) is 82.6 Å². The number of amides is 3. The van der Waals surface area contributed by atoms with Crippen LogP contribution in [0.25, 0.3) is 0 Å². The Bertz CT molecular complexity index is 818. The molecule has 0 aliphatic carbocycles. The van der Waals surface area contributed by atoms with Crippen LogP contribution in [-0.2, 0) is 20.8 Å². The molecule has 1 aromatic carbocycles. The number of carbonyl (C=O) groups is 3. The van der Waals surface area contributed by atoms with Crippen molar-refractivity contribution in [3.63, 3.8) is 0 Å². The number of halogens is 1. The first-order chi connectivity index (χ1) is 13.5. The standard InChI is InChI=1S/C19H21ClN4O3S/c20-15-3-1-14(2-4-15)13-18(27)24-10-8-23(9-11-24)17(26)6-5-16(25)22-19-21-7-12-28-19/h1-4,7,12H,5-6,8-11,13H2,(H,21,22,25). The van der Waals surface area contributed by atoms with E-state index in [1.165, 1.54) is 11.3 Å². The normalized spacial score (nSPS) is 14.0. The molecule has 28 heavy (non-hydrogen) atoms. The highest BCUT2D eigenvalue weighted by atomic mass is 35.5. The smallest absolute Gasteiger partial charge is 0.227 e. The predicted octanol–water partition coefficient (Wildman–Crippen LogP) is 2.43. The molecule has 0 unspecified atom stereocenters. The lowest BCUT2D eigenvalue weighted by atomic mass is 10.1. The fraction of sp³-hybridized carbons (Fsp3) is 0.368. The van der Waals surface area contributed by atoms with Crippen molar-refractivity contribution in [1.82, 2.24) is 14.8 Å². The van der Waals surface area contributed by atoms with Gasteiger partial charge in [-0.1, -0.05) is 23.7 Å². The quantitative estimate of drug-likeness (QED) is 0.778. The van der Waals surface area contributed by atoms with Gasteiger partial charge >= 0.3 is 0 Å². The van der Waals surface area contributed by atoms with Crippen LogP contribution in [0.2, 0.25) is 5.02 Å². The lowest BCUT2D eigenvalue weighted by Gasteiger charge is -2.35. The maximum Gasteiger partial charge on any atom is 0.227 e. The van der Waals surface area contributed by atoms with Crippen LogP contribution in [0.4, 0.5) is 5.13 Å². The Labute approximate surface area is 172 Å². The molecule has 148 valence electrons. The van der Waals surface area contributed by atoms with Gasteiger partial charge in [-0.05, 0) is 17.7 Å². The molecule has 3 rings (SSSR count). The summed E-state index contributed by atoms with van der Waals surface area (Å²) in [6.45, 7) is 1.98. The van der Waals surface area contributed by atoms with Gasteiger partial charge in [0, 0.05) is 55.6 Å². The molecule has 1 aliphatic heterocycles. The van der Waals surface area contributed by atoms with Gasteiger partial charge in [0.1, 0.15) is 0 Å². The van der Waals surface area contributed by atoms with Crippen LogP contribution < -0.4 is 5.32 Å². The first kappa shape index (κ1) is 20.3. The van der Waals surface area contributed by atoms with E-state index < -0.39 is 0 Å². The summed E-state index contributed by atoms with van der Waals surface area (Å²) >= 11 is 7.20. The predicted molar refractivity (Wildman–Crippen MR) is 108 cm³/mol. The van der Waals surface area contributed by atoms with Crippen LogP contribution in [0.1, 0.15) is 18.4 Å². The summed E-state index contributed by atoms with van der Waals surface area (Å²) in [5, 5.41) is 5.61. The average Bonchev–Trinajstić information content (AvgIpc) is 3.21. The third-order valence-corrected chi connectivity index (χ3v) is 5.44. The Balaban J connectivity index is 1.39. The van der Waals surface area contributed by atoms with Gasteiger partial charge < -0.3 is 15.1 Å². The highest BCUT2D eigenvalue weighted by Gasteiger charge is 2.24. The molecule has 0 bridgehead atoms. The highest BCUT2D eigenvalue weighted by molar-refractivity contribution is 7.13. The fourth-order valence-corrected chi connectivity index (χ4v) is 3.61. The van der Waals surface area contributed by atoms with Crippen LogP contribution in [-0.4, -0.2) is 58.7 Å². The Hall–Kier alpha value is -2.45. The zero-order valence-corrected chi connectivity index (χ0v) is 16.8. The number of thiazole rings is 1. The minimum atomic E-state index is -0.222. The molecule has 0 atom stereocenters. The van der Waals surface area contributed by atoms with Crippen molar-refractivity contribution in [3.8, 4) is 0 Å². The molecule has 1 N–H and O–H groups in total. The zero-order valence-electron chi connectivity index (χ0n) is 15.3. The number of nitrogens with one attached hydrogen (secondary N) is 1. The van der Waals surface area contributed by atoms with Crippen molar-refractivity contribution in [2.24, 2.45) is 0 Å². The first-order valence-corrected chi connectivity index (χ1v) is 10.3. The SMILES string of the molecule is O=C(CCC(=O)N1CCN(C(=O)Cc2ccc(Cl)cc2)CC1)Nc1nccs1. The highest BCUT2D eigenvalue weighted by Crippen LogP contribution is 2.13. The summed E-state index contributed by atoms with van der Waals surface area (Å²) in [5.74, 6) is -0.253. The van der Waals surface area contributed by atoms with Crippen molar-refractivity contribution in [3.05, 3.63) is 46.4 Å². The van der Waals surface area contributed by atoms with E-state index in [0.717, 1.165) is 5.56 Å². The second-order valence-electron chi connectivity index (χ2n) is 6.45. The third kappa shape index (κ3) is 5.77. The molecule has 3 amide bonds. The van der Waals surface area contributed by atoms with E-state index in [0.29, 0.717) is 42.8 Å². The second-order valence-corrected chi connectivity index (χ2v) is 7.78. The second kappa shape index (κ2) is 9.66. The largest absolute Gasteiger partial charge is 0.339 e. The molecular weight excluding hydrogens is 400 g/mol. The van der Waals surface area contributed by atoms with Gasteiger partial charge in [0.2, 0.25) is 17.7 Å². The van der Waals surface area contributed by atoms with E-state index in [-0.39, 0.29) is 30.6 Å². The first-order valence-electron chi connectivity index (χ1n) is 9.00. The van der Waals surface area contributed by atoms with E-state index >= 15 is 0 Å². The molecule has 1 saturated heterocycles. The molecule has 1 aliphatic rings. The number of aromatic nitrogens is 1. The minimum Gasteiger partial charge on any atom is -0.339 e. The summed E-state index contributed by atoms with van der Waals surface area (Å²) in [6, 6.07) is 7.23. The van der Waals surface area contributed by atoms with E-state index in [2.05, 4.69) is 10.3 Å². The Morgan fingerprint density at radius 1 is 1.00 bits per heavy atom. The minimum absolute atomic E-state index is 0.0391. The molecule has 7 nitrogen and oxygen atoms in total. The van der Waals surface area contributed by atoms with Gasteiger partial charge in [0.05, 0.1) is 6.42 Å². The lowest BCUT2D eigenvalue weighted by molar-refractivity contribution is -0.139. The van der Waals surface area contributed by atoms with Gasteiger partial charge in [0.25, 0.3) is 0 Å². The van der Waals surface area contributed by atoms with Crippen LogP contribution in [0.3, 0.4) is 0 Å². The van der Waals surface area contributed by atoms with Crippen LogP contribution >= 0.6 is 22.9 Å². The summed E-state index contributed by atoms with van der Waals surface area (Å²) in [4.78, 5) is 44.1. The summed E-state index contributed by atoms with van der Waals surface area (Å²) in [5.41, 5.74) is 0.916. The maximum absolute atomic E-state index is 12.4. The Morgan fingerprint density at radius 3 is 2.25 bits per heavy atom. The monoisotopic (exact) mass is 420 g/mol. The number of benzene rings is 1. The van der Waals surface area contributed by atoms with Crippen molar-refractivity contribution >= 4 is 45.8 Å². The van der Waals surface area contributed by atoms with E-state index in [9.17, 15) is 14.4 Å². The molecule has 2 heterocycles. The third-order valence-electron chi connectivity index (χ3n) is 4.50. The van der Waals surface area contributed by atoms with Crippen LogP contribution in [0, 0.1) is 0 Å². The van der Waals surface area contributed by atoms with Crippen molar-refractivity contribution < 1.29 is 14.4 Å². The molecule has 1 fully saturated rings. The molecule has 2 aromatic rings. The number of nitrogens with zero attached hydrogens (tertiary/aromatic N) is 3. The fourth-order valence-electron chi connectivity index (χ4n) is 2.94. The molecule has 9 heteroatoms. The van der Waals surface area contributed by atoms with Gasteiger partial charge in [-0.3, -0.25) is 14.4 Å². The average molecular weight is 421 g/mol. The number of anilines is 1. The zero-order chi connectivity index (χ0) is 19.9. The Kier molecular flexibility index (Phi) is 7.00. The number of piperazine rings is 1. The van der Waals surface area contributed by atoms with Crippen LogP contribution in [0.15, 0.2) is 35.8 Å². The molecule has 1 aromatic heterocycles. The summed E-state index contributed by atoms with van der Waals surface area (Å²) in [6.07, 6.45) is 2.20. The molecular formula is C19H21ClN4O3S. The lowest BCUT2D eigenvalue weighted by Crippen LogP contribution is -2.51. The molecule has 0 saturated carbocycles. The van der Waals surface area contributed by atoms with E-state index in [1.807, 2.05) is 12.1 Å². The van der Waals surface area contributed by atoms with Gasteiger partial charge in [-0.15, -0.1) is 11.3 Å². The van der Waals surface area contributed by atoms with Gasteiger partial charge in [-0.2, -0.15) is 0 Å². The summed E-state index contributed by atoms with van der Waals surface area (Å²) in [7, 11) is 0. The number of hydrogen-bond acceptors (Lipinski definition) is 5. The van der Waals surface area contributed by atoms with Gasteiger partial charge in [-0.25, -0.2) is 4.98 Å². The van der Waals surface area contributed by atoms with E-state index in [1.54, 1.807) is 33.5 Å². The van der Waals surface area contributed by atoms with Crippen molar-refractivity contribution in [2.45, 2.75) is 19.3 Å². The summed E-state index contributed by atoms with van der Waals surface area (Å²) < 4.78 is 0. The number of hydrogen-bond donors (Lipinski definition) is 1. The van der Waals surface area contributed by atoms with E-state index in [4.69, 9.17) is 11.6 Å². The maximum atomic E-state index is 12.4. The van der Waals surface area contributed by atoms with Crippen LogP contribution in [0.5, 0.6) is 0 Å². The molecule has 0 spiro atoms. The Morgan fingerprint density at radius 2 is 1.64 bits per heavy atom. The van der Waals surface area contributed by atoms with Crippen molar-refractivity contribution in [2.75, 3.05) is 31.5 Å². The van der Waals surface area contributed by atoms with Gasteiger partial charge in [0.15, 0.2) is 5.13 Å². The number of carbonyl (C=O) groups excluding carboxylic acids is 3.